The highest BCUT2D eigenvalue weighted by atomic mass is 16.1. The van der Waals surface area contributed by atoms with Gasteiger partial charge in [-0.3, -0.25) is 4.79 Å². The van der Waals surface area contributed by atoms with Crippen LogP contribution in [0.4, 0.5) is 0 Å². The lowest BCUT2D eigenvalue weighted by molar-refractivity contribution is -0.122. The molecule has 0 aromatic carbocycles. The Bertz CT molecular complexity index is 275. The highest BCUT2D eigenvalue weighted by molar-refractivity contribution is 5.92. The van der Waals surface area contributed by atoms with Crippen LogP contribution in [0.2, 0.25) is 0 Å². The summed E-state index contributed by atoms with van der Waals surface area (Å²) < 4.78 is 0. The van der Waals surface area contributed by atoms with Gasteiger partial charge in [0, 0.05) is 11.8 Å². The maximum atomic E-state index is 11.7. The minimum Gasteiger partial charge on any atom is -0.299 e. The van der Waals surface area contributed by atoms with Crippen LogP contribution in [0.25, 0.3) is 0 Å². The van der Waals surface area contributed by atoms with Crippen molar-refractivity contribution in [2.24, 2.45) is 10.8 Å². The zero-order chi connectivity index (χ0) is 8.23. The molecule has 0 saturated heterocycles. The molecule has 0 amide bonds. The van der Waals surface area contributed by atoms with Crippen LogP contribution in [0, 0.1) is 10.8 Å². The minimum atomic E-state index is 0.153. The van der Waals surface area contributed by atoms with Crippen molar-refractivity contribution >= 4 is 5.78 Å². The quantitative estimate of drug-likeness (QED) is 0.500. The predicted octanol–water partition coefficient (Wildman–Crippen LogP) is 2.47. The van der Waals surface area contributed by atoms with E-state index in [1.54, 1.807) is 0 Å². The van der Waals surface area contributed by atoms with Crippen LogP contribution in [0.15, 0.2) is 12.2 Å². The van der Waals surface area contributed by atoms with Crippen LogP contribution in [0.3, 0.4) is 0 Å². The fraction of sp³-hybridized carbons (Fsp3) is 0.727. The third-order valence-electron chi connectivity index (χ3n) is 4.32. The summed E-state index contributed by atoms with van der Waals surface area (Å²) in [6.07, 6.45) is 11.3. The summed E-state index contributed by atoms with van der Waals surface area (Å²) in [5.74, 6) is 0.564. The number of hydrogen-bond acceptors (Lipinski definition) is 1. The van der Waals surface area contributed by atoms with Crippen LogP contribution in [0.5, 0.6) is 0 Å². The summed E-state index contributed by atoms with van der Waals surface area (Å²) in [5, 5.41) is 0. The molecule has 0 aromatic rings. The number of Topliss-reactive ketones (excluding diaryl/α,β-unsaturated/α-hetero) is 1. The van der Waals surface area contributed by atoms with Crippen LogP contribution in [0.1, 0.15) is 38.5 Å². The normalized spacial score (nSPS) is 49.8. The molecule has 0 spiro atoms. The van der Waals surface area contributed by atoms with E-state index in [1.807, 2.05) is 0 Å². The number of carbonyl (C=O) groups excluding carboxylic acids is 1. The number of ketones is 1. The molecule has 0 unspecified atom stereocenters. The second-order valence-corrected chi connectivity index (χ2v) is 4.68. The average molecular weight is 162 g/mol. The first-order valence-electron chi connectivity index (χ1n) is 4.98. The first-order chi connectivity index (χ1) is 5.79. The van der Waals surface area contributed by atoms with Gasteiger partial charge in [0.25, 0.3) is 0 Å². The largest absolute Gasteiger partial charge is 0.299 e. The van der Waals surface area contributed by atoms with Crippen molar-refractivity contribution in [3.8, 4) is 0 Å². The van der Waals surface area contributed by atoms with Crippen molar-refractivity contribution in [3.05, 3.63) is 12.2 Å². The third kappa shape index (κ3) is 0.562. The predicted molar refractivity (Wildman–Crippen MR) is 46.7 cm³/mol. The van der Waals surface area contributed by atoms with Crippen LogP contribution in [-0.2, 0) is 4.79 Å². The van der Waals surface area contributed by atoms with Crippen LogP contribution < -0.4 is 0 Å². The van der Waals surface area contributed by atoms with E-state index in [0.717, 1.165) is 12.8 Å². The topological polar surface area (TPSA) is 17.1 Å². The molecular formula is C11H14O. The maximum Gasteiger partial charge on any atom is 0.139 e. The van der Waals surface area contributed by atoms with Gasteiger partial charge in [0.2, 0.25) is 0 Å². The van der Waals surface area contributed by atoms with E-state index in [1.165, 1.54) is 25.7 Å². The Morgan fingerprint density at radius 1 is 1.25 bits per heavy atom. The number of carbonyl (C=O) groups is 1. The van der Waals surface area contributed by atoms with Gasteiger partial charge in [-0.2, -0.15) is 0 Å². The molecule has 0 radical (unpaired) electrons. The Kier molecular flexibility index (Phi) is 1.05. The molecule has 0 heterocycles. The molecule has 1 nitrogen and oxygen atoms in total. The first kappa shape index (κ1) is 6.88. The molecule has 1 heteroatoms. The van der Waals surface area contributed by atoms with Gasteiger partial charge in [-0.25, -0.2) is 0 Å². The minimum absolute atomic E-state index is 0.153. The molecule has 64 valence electrons. The number of allylic oxidation sites excluding steroid dienone is 2. The second kappa shape index (κ2) is 1.84. The van der Waals surface area contributed by atoms with Gasteiger partial charge in [0.1, 0.15) is 5.78 Å². The molecule has 2 saturated carbocycles. The molecule has 0 aliphatic heterocycles. The van der Waals surface area contributed by atoms with Crippen molar-refractivity contribution in [1.29, 1.82) is 0 Å². The highest BCUT2D eigenvalue weighted by Crippen LogP contribution is 2.76. The summed E-state index contributed by atoms with van der Waals surface area (Å²) in [5.41, 5.74) is 0.633. The summed E-state index contributed by atoms with van der Waals surface area (Å²) in [6, 6.07) is 0. The third-order valence-corrected chi connectivity index (χ3v) is 4.32. The van der Waals surface area contributed by atoms with Gasteiger partial charge in [-0.1, -0.05) is 12.2 Å². The first-order valence-corrected chi connectivity index (χ1v) is 4.98. The Morgan fingerprint density at radius 3 is 3.08 bits per heavy atom. The van der Waals surface area contributed by atoms with Gasteiger partial charge in [-0.05, 0) is 37.5 Å². The van der Waals surface area contributed by atoms with E-state index >= 15 is 0 Å². The maximum absolute atomic E-state index is 11.7. The molecule has 0 aromatic heterocycles. The summed E-state index contributed by atoms with van der Waals surface area (Å²) >= 11 is 0. The van der Waals surface area contributed by atoms with E-state index < -0.39 is 0 Å². The fourth-order valence-electron chi connectivity index (χ4n) is 3.46. The molecule has 2 fully saturated rings. The molecule has 2 atom stereocenters. The lowest BCUT2D eigenvalue weighted by atomic mass is 9.91. The standard InChI is InChI=1S/C11H14O/c12-9-4-7-10-5-2-1-3-6-11(9,10)8-10/h1,3H,2,4-8H2/t10-,11-/m0/s1. The van der Waals surface area contributed by atoms with Gasteiger partial charge in [0.15, 0.2) is 0 Å². The van der Waals surface area contributed by atoms with Crippen LogP contribution >= 0.6 is 0 Å². The van der Waals surface area contributed by atoms with Crippen molar-refractivity contribution in [2.45, 2.75) is 38.5 Å². The van der Waals surface area contributed by atoms with E-state index in [2.05, 4.69) is 12.2 Å². The van der Waals surface area contributed by atoms with Crippen LogP contribution in [-0.4, -0.2) is 5.78 Å². The summed E-state index contributed by atoms with van der Waals surface area (Å²) in [4.78, 5) is 11.7. The lowest BCUT2D eigenvalue weighted by Gasteiger charge is -2.11. The lowest BCUT2D eigenvalue weighted by Crippen LogP contribution is -2.13. The van der Waals surface area contributed by atoms with Crippen molar-refractivity contribution < 1.29 is 4.79 Å². The van der Waals surface area contributed by atoms with Crippen molar-refractivity contribution in [1.82, 2.24) is 0 Å². The summed E-state index contributed by atoms with van der Waals surface area (Å²) in [7, 11) is 0. The van der Waals surface area contributed by atoms with Crippen molar-refractivity contribution in [2.75, 3.05) is 0 Å². The average Bonchev–Trinajstić information content (AvgIpc) is 2.64. The summed E-state index contributed by atoms with van der Waals surface area (Å²) in [6.45, 7) is 0. The van der Waals surface area contributed by atoms with Gasteiger partial charge < -0.3 is 0 Å². The molecule has 3 rings (SSSR count). The molecule has 0 bridgehead atoms. The monoisotopic (exact) mass is 162 g/mol. The van der Waals surface area contributed by atoms with E-state index in [0.29, 0.717) is 11.2 Å². The molecule has 3 aliphatic rings. The van der Waals surface area contributed by atoms with E-state index in [4.69, 9.17) is 0 Å². The zero-order valence-corrected chi connectivity index (χ0v) is 7.31. The van der Waals surface area contributed by atoms with Gasteiger partial charge in [0.05, 0.1) is 0 Å². The Hall–Kier alpha value is -0.590. The fourth-order valence-corrected chi connectivity index (χ4v) is 3.46. The second-order valence-electron chi connectivity index (χ2n) is 4.68. The van der Waals surface area contributed by atoms with Crippen molar-refractivity contribution in [3.63, 3.8) is 0 Å². The van der Waals surface area contributed by atoms with Gasteiger partial charge >= 0.3 is 0 Å². The SMILES string of the molecule is O=C1CC[C@]23CCC=CC[C@]12C3. The molecule has 12 heavy (non-hydrogen) atoms. The zero-order valence-electron chi connectivity index (χ0n) is 7.31. The smallest absolute Gasteiger partial charge is 0.139 e. The van der Waals surface area contributed by atoms with Gasteiger partial charge in [-0.15, -0.1) is 0 Å². The number of hydrogen-bond donors (Lipinski definition) is 0. The van der Waals surface area contributed by atoms with E-state index in [-0.39, 0.29) is 5.41 Å². The molecular weight excluding hydrogens is 148 g/mol. The van der Waals surface area contributed by atoms with E-state index in [9.17, 15) is 4.79 Å². The molecule has 0 N–H and O–H groups in total. The Morgan fingerprint density at radius 2 is 2.17 bits per heavy atom. The molecule has 3 aliphatic carbocycles. The highest BCUT2D eigenvalue weighted by Gasteiger charge is 2.72. The Labute approximate surface area is 72.8 Å². The number of rotatable bonds is 0. The Balaban J connectivity index is 2.02.